The molecule has 1 N–H and O–H groups in total. The lowest BCUT2D eigenvalue weighted by atomic mass is 9.72. The second kappa shape index (κ2) is 4.81. The van der Waals surface area contributed by atoms with E-state index in [1.807, 2.05) is 0 Å². The Morgan fingerprint density at radius 3 is 1.94 bits per heavy atom. The highest BCUT2D eigenvalue weighted by Crippen LogP contribution is 2.44. The molecule has 0 spiro atoms. The highest BCUT2D eigenvalue weighted by molar-refractivity contribution is 5.06. The fraction of sp³-hybridized carbons (Fsp3) is 0.800. The van der Waals surface area contributed by atoms with Gasteiger partial charge in [0.2, 0.25) is 0 Å². The summed E-state index contributed by atoms with van der Waals surface area (Å²) in [5.41, 5.74) is 0. The van der Waals surface area contributed by atoms with Crippen molar-refractivity contribution >= 4 is 0 Å². The molecule has 0 aromatic carbocycles. The number of hydrogen-bond acceptors (Lipinski definition) is 1. The van der Waals surface area contributed by atoms with Crippen LogP contribution < -0.4 is 5.32 Å². The Morgan fingerprint density at radius 1 is 0.750 bits per heavy atom. The van der Waals surface area contributed by atoms with Crippen LogP contribution in [0.4, 0.5) is 0 Å². The lowest BCUT2D eigenvalue weighted by molar-refractivity contribution is 0.219. The van der Waals surface area contributed by atoms with Crippen molar-refractivity contribution in [1.29, 1.82) is 0 Å². The van der Waals surface area contributed by atoms with Crippen molar-refractivity contribution in [3.05, 3.63) is 18.8 Å². The van der Waals surface area contributed by atoms with E-state index < -0.39 is 0 Å². The summed E-state index contributed by atoms with van der Waals surface area (Å²) in [6, 6.07) is 0. The largest absolute Gasteiger partial charge is 0.386 e. The van der Waals surface area contributed by atoms with Crippen LogP contribution in [0.25, 0.3) is 0 Å². The first kappa shape index (κ1) is 10.7. The van der Waals surface area contributed by atoms with Crippen LogP contribution in [-0.2, 0) is 0 Å². The zero-order chi connectivity index (χ0) is 10.8. The van der Waals surface area contributed by atoms with Gasteiger partial charge in [-0.2, -0.15) is 0 Å². The molecule has 3 aliphatic rings. The maximum atomic E-state index is 3.36. The van der Waals surface area contributed by atoms with E-state index in [0.717, 1.165) is 23.7 Å². The molecule has 3 rings (SSSR count). The summed E-state index contributed by atoms with van der Waals surface area (Å²) >= 11 is 0. The Bertz CT molecular complexity index is 246. The highest BCUT2D eigenvalue weighted by atomic mass is 14.9. The predicted molar refractivity (Wildman–Crippen MR) is 67.5 cm³/mol. The van der Waals surface area contributed by atoms with Gasteiger partial charge in [-0.25, -0.2) is 0 Å². The number of allylic oxidation sites excluding steroid dienone is 1. The summed E-state index contributed by atoms with van der Waals surface area (Å²) in [7, 11) is 0. The van der Waals surface area contributed by atoms with Crippen molar-refractivity contribution in [3.63, 3.8) is 0 Å². The Kier molecular flexibility index (Phi) is 3.21. The molecule has 89 valence electrons. The van der Waals surface area contributed by atoms with Gasteiger partial charge >= 0.3 is 0 Å². The summed E-state index contributed by atoms with van der Waals surface area (Å²) in [6.45, 7) is 2.40. The third kappa shape index (κ3) is 2.01. The maximum Gasteiger partial charge on any atom is 0.0496 e. The van der Waals surface area contributed by atoms with Crippen molar-refractivity contribution < 1.29 is 0 Å². The predicted octanol–water partition coefficient (Wildman–Crippen LogP) is 3.88. The zero-order valence-corrected chi connectivity index (χ0v) is 10.2. The molecule has 0 aromatic heterocycles. The fourth-order valence-corrected chi connectivity index (χ4v) is 4.18. The minimum atomic E-state index is 0.829. The lowest BCUT2D eigenvalue weighted by Gasteiger charge is -2.36. The van der Waals surface area contributed by atoms with Gasteiger partial charge < -0.3 is 5.32 Å². The van der Waals surface area contributed by atoms with Gasteiger partial charge in [0.25, 0.3) is 0 Å². The lowest BCUT2D eigenvalue weighted by Crippen LogP contribution is -2.33. The number of nitrogens with one attached hydrogen (secondary N) is 1. The van der Waals surface area contributed by atoms with Gasteiger partial charge in [0.15, 0.2) is 0 Å². The molecule has 0 saturated heterocycles. The third-order valence-corrected chi connectivity index (χ3v) is 5.04. The molecule has 1 nitrogen and oxygen atoms in total. The van der Waals surface area contributed by atoms with Gasteiger partial charge in [-0.05, 0) is 42.7 Å². The normalized spacial score (nSPS) is 36.8. The molecule has 1 radical (unpaired) electrons. The summed E-state index contributed by atoms with van der Waals surface area (Å²) in [5.74, 6) is 3.64. The second-order valence-corrected chi connectivity index (χ2v) is 5.94. The van der Waals surface area contributed by atoms with Gasteiger partial charge in [0.1, 0.15) is 0 Å². The number of rotatable bonds is 2. The summed E-state index contributed by atoms with van der Waals surface area (Å²) in [5, 5.41) is 3.36. The molecule has 0 bridgehead atoms. The smallest absolute Gasteiger partial charge is 0.0496 e. The van der Waals surface area contributed by atoms with Crippen molar-refractivity contribution in [3.8, 4) is 0 Å². The summed E-state index contributed by atoms with van der Waals surface area (Å²) in [6.07, 6.45) is 16.4. The van der Waals surface area contributed by atoms with E-state index in [1.54, 1.807) is 0 Å². The van der Waals surface area contributed by atoms with Crippen LogP contribution in [0, 0.1) is 30.2 Å². The molecule has 1 heterocycles. The second-order valence-electron chi connectivity index (χ2n) is 5.94. The molecule has 0 aromatic rings. The van der Waals surface area contributed by atoms with Crippen molar-refractivity contribution in [2.24, 2.45) is 23.7 Å². The fourth-order valence-electron chi connectivity index (χ4n) is 4.18. The Morgan fingerprint density at radius 2 is 1.31 bits per heavy atom. The van der Waals surface area contributed by atoms with Gasteiger partial charge in [-0.3, -0.25) is 0 Å². The standard InChI is InChI=1S/C15H24N/c1-2-6-12(5-1)14-9-10-16-11-15(14)13-7-3-4-8-13/h9-16H,1-8H2. The van der Waals surface area contributed by atoms with Crippen LogP contribution in [-0.4, -0.2) is 0 Å². The van der Waals surface area contributed by atoms with Gasteiger partial charge in [-0.1, -0.05) is 44.6 Å². The molecule has 2 aliphatic carbocycles. The SMILES string of the molecule is [CH]1NC=CC(C2CCCC2)C1C1CCCC1. The molecule has 2 saturated carbocycles. The van der Waals surface area contributed by atoms with Crippen LogP contribution in [0.1, 0.15) is 51.4 Å². The first-order valence-electron chi connectivity index (χ1n) is 7.21. The van der Waals surface area contributed by atoms with Gasteiger partial charge in [0, 0.05) is 6.54 Å². The molecule has 2 unspecified atom stereocenters. The minimum Gasteiger partial charge on any atom is -0.386 e. The van der Waals surface area contributed by atoms with Crippen LogP contribution in [0.2, 0.25) is 0 Å². The molecule has 1 aliphatic heterocycles. The Balaban J connectivity index is 1.71. The van der Waals surface area contributed by atoms with E-state index in [2.05, 4.69) is 24.1 Å². The quantitative estimate of drug-likeness (QED) is 0.741. The monoisotopic (exact) mass is 218 g/mol. The molecule has 0 amide bonds. The first-order valence-corrected chi connectivity index (χ1v) is 7.21. The van der Waals surface area contributed by atoms with Crippen molar-refractivity contribution in [1.82, 2.24) is 5.32 Å². The zero-order valence-electron chi connectivity index (χ0n) is 10.2. The molecular formula is C15H24N. The van der Waals surface area contributed by atoms with Crippen LogP contribution in [0.5, 0.6) is 0 Å². The highest BCUT2D eigenvalue weighted by Gasteiger charge is 2.36. The van der Waals surface area contributed by atoms with Crippen molar-refractivity contribution in [2.75, 3.05) is 0 Å². The Labute approximate surface area is 99.7 Å². The maximum absolute atomic E-state index is 3.36. The van der Waals surface area contributed by atoms with E-state index in [4.69, 9.17) is 0 Å². The molecular weight excluding hydrogens is 194 g/mol. The van der Waals surface area contributed by atoms with Crippen LogP contribution in [0.3, 0.4) is 0 Å². The molecule has 1 heteroatoms. The van der Waals surface area contributed by atoms with E-state index >= 15 is 0 Å². The number of hydrogen-bond donors (Lipinski definition) is 1. The Hall–Kier alpha value is -0.460. The van der Waals surface area contributed by atoms with Crippen LogP contribution in [0.15, 0.2) is 12.3 Å². The van der Waals surface area contributed by atoms with Crippen LogP contribution >= 0.6 is 0 Å². The van der Waals surface area contributed by atoms with Gasteiger partial charge in [0.05, 0.1) is 0 Å². The third-order valence-electron chi connectivity index (χ3n) is 5.04. The molecule has 2 atom stereocenters. The molecule has 2 fully saturated rings. The first-order chi connectivity index (χ1) is 7.95. The molecule has 16 heavy (non-hydrogen) atoms. The minimum absolute atomic E-state index is 0.829. The average Bonchev–Trinajstić information content (AvgIpc) is 3.03. The topological polar surface area (TPSA) is 12.0 Å². The van der Waals surface area contributed by atoms with E-state index in [1.165, 1.54) is 51.4 Å². The van der Waals surface area contributed by atoms with Crippen molar-refractivity contribution in [2.45, 2.75) is 51.4 Å². The van der Waals surface area contributed by atoms with E-state index in [9.17, 15) is 0 Å². The van der Waals surface area contributed by atoms with E-state index in [0.29, 0.717) is 0 Å². The van der Waals surface area contributed by atoms with Gasteiger partial charge in [-0.15, -0.1) is 0 Å². The van der Waals surface area contributed by atoms with E-state index in [-0.39, 0.29) is 0 Å². The summed E-state index contributed by atoms with van der Waals surface area (Å²) < 4.78 is 0. The summed E-state index contributed by atoms with van der Waals surface area (Å²) in [4.78, 5) is 0. The average molecular weight is 218 g/mol.